The Morgan fingerprint density at radius 3 is 2.78 bits per heavy atom. The van der Waals surface area contributed by atoms with Crippen molar-refractivity contribution in [1.29, 1.82) is 0 Å². The SMILES string of the molecule is O=C(NC12CC(C1)C2)c1c(Br)ccc2[nH]ccc12. The van der Waals surface area contributed by atoms with Gasteiger partial charge in [0, 0.05) is 27.1 Å². The standard InChI is InChI=1S/C14H13BrN2O/c15-10-1-2-11-9(3-4-16-11)12(10)13(18)17-14-5-8(6-14)7-14/h1-4,8,16H,5-7H2,(H,17,18). The third-order valence-electron chi connectivity index (χ3n) is 4.33. The molecule has 3 nitrogen and oxygen atoms in total. The normalized spacial score (nSPS) is 28.6. The highest BCUT2D eigenvalue weighted by molar-refractivity contribution is 9.10. The zero-order valence-corrected chi connectivity index (χ0v) is 11.4. The maximum Gasteiger partial charge on any atom is 0.253 e. The highest BCUT2D eigenvalue weighted by Gasteiger charge is 2.57. The highest BCUT2D eigenvalue weighted by Crippen LogP contribution is 2.57. The number of aromatic nitrogens is 1. The van der Waals surface area contributed by atoms with E-state index >= 15 is 0 Å². The van der Waals surface area contributed by atoms with E-state index < -0.39 is 0 Å². The van der Waals surface area contributed by atoms with E-state index in [0.29, 0.717) is 0 Å². The Labute approximate surface area is 113 Å². The van der Waals surface area contributed by atoms with Crippen molar-refractivity contribution in [3.05, 3.63) is 34.4 Å². The number of halogens is 1. The minimum absolute atomic E-state index is 0.0465. The number of hydrogen-bond acceptors (Lipinski definition) is 1. The molecule has 18 heavy (non-hydrogen) atoms. The fraction of sp³-hybridized carbons (Fsp3) is 0.357. The van der Waals surface area contributed by atoms with Gasteiger partial charge in [0.25, 0.3) is 5.91 Å². The summed E-state index contributed by atoms with van der Waals surface area (Å²) in [5.41, 5.74) is 1.87. The number of aromatic amines is 1. The Kier molecular flexibility index (Phi) is 1.99. The number of hydrogen-bond donors (Lipinski definition) is 2. The molecular weight excluding hydrogens is 292 g/mol. The van der Waals surface area contributed by atoms with Crippen LogP contribution in [0.15, 0.2) is 28.9 Å². The van der Waals surface area contributed by atoms with Crippen LogP contribution in [-0.2, 0) is 0 Å². The number of amides is 1. The van der Waals surface area contributed by atoms with E-state index in [1.165, 1.54) is 19.3 Å². The van der Waals surface area contributed by atoms with E-state index in [-0.39, 0.29) is 11.4 Å². The molecule has 2 N–H and O–H groups in total. The van der Waals surface area contributed by atoms with Crippen molar-refractivity contribution >= 4 is 32.7 Å². The molecule has 0 atom stereocenters. The molecule has 92 valence electrons. The molecule has 3 aliphatic carbocycles. The van der Waals surface area contributed by atoms with Gasteiger partial charge in [-0.2, -0.15) is 0 Å². The summed E-state index contributed by atoms with van der Waals surface area (Å²) in [5.74, 6) is 0.919. The van der Waals surface area contributed by atoms with E-state index in [1.54, 1.807) is 0 Å². The minimum Gasteiger partial charge on any atom is -0.361 e. The van der Waals surface area contributed by atoms with Crippen LogP contribution in [-0.4, -0.2) is 16.4 Å². The molecule has 1 heterocycles. The van der Waals surface area contributed by atoms with Gasteiger partial charge in [0.05, 0.1) is 5.56 Å². The first-order valence-electron chi connectivity index (χ1n) is 6.25. The monoisotopic (exact) mass is 304 g/mol. The van der Waals surface area contributed by atoms with Gasteiger partial charge in [-0.1, -0.05) is 0 Å². The quantitative estimate of drug-likeness (QED) is 0.879. The Hall–Kier alpha value is -1.29. The zero-order valence-electron chi connectivity index (χ0n) is 9.79. The molecule has 0 unspecified atom stereocenters. The second kappa shape index (κ2) is 3.38. The maximum absolute atomic E-state index is 12.5. The first-order chi connectivity index (χ1) is 8.67. The van der Waals surface area contributed by atoms with Crippen LogP contribution in [0.3, 0.4) is 0 Å². The van der Waals surface area contributed by atoms with Crippen LogP contribution in [0, 0.1) is 5.92 Å². The van der Waals surface area contributed by atoms with Gasteiger partial charge in [-0.3, -0.25) is 4.79 Å². The smallest absolute Gasteiger partial charge is 0.253 e. The fourth-order valence-electron chi connectivity index (χ4n) is 3.27. The first-order valence-corrected chi connectivity index (χ1v) is 7.04. The topological polar surface area (TPSA) is 44.9 Å². The lowest BCUT2D eigenvalue weighted by Crippen LogP contribution is -2.68. The molecule has 1 aromatic carbocycles. The van der Waals surface area contributed by atoms with Crippen molar-refractivity contribution in [3.63, 3.8) is 0 Å². The molecule has 0 spiro atoms. The molecule has 0 radical (unpaired) electrons. The third kappa shape index (κ3) is 1.32. The van der Waals surface area contributed by atoms with Crippen LogP contribution < -0.4 is 5.32 Å². The van der Waals surface area contributed by atoms with Gasteiger partial charge in [0.15, 0.2) is 0 Å². The van der Waals surface area contributed by atoms with Crippen LogP contribution in [0.25, 0.3) is 10.9 Å². The summed E-state index contributed by atoms with van der Waals surface area (Å²) >= 11 is 3.49. The van der Waals surface area contributed by atoms with Crippen molar-refractivity contribution in [3.8, 4) is 0 Å². The van der Waals surface area contributed by atoms with Gasteiger partial charge < -0.3 is 10.3 Å². The second-order valence-corrected chi connectivity index (χ2v) is 6.43. The van der Waals surface area contributed by atoms with E-state index in [1.807, 2.05) is 24.4 Å². The number of carbonyl (C=O) groups is 1. The number of nitrogens with one attached hydrogen (secondary N) is 2. The van der Waals surface area contributed by atoms with Gasteiger partial charge in [-0.15, -0.1) is 0 Å². The number of benzene rings is 1. The molecule has 1 aromatic heterocycles. The van der Waals surface area contributed by atoms with Crippen molar-refractivity contribution < 1.29 is 4.79 Å². The number of rotatable bonds is 2. The number of fused-ring (bicyclic) bond motifs is 1. The number of carbonyl (C=O) groups excluding carboxylic acids is 1. The summed E-state index contributed by atoms with van der Waals surface area (Å²) in [6.07, 6.45) is 5.37. The van der Waals surface area contributed by atoms with Gasteiger partial charge in [-0.25, -0.2) is 0 Å². The summed E-state index contributed by atoms with van der Waals surface area (Å²) in [6, 6.07) is 5.87. The van der Waals surface area contributed by atoms with Crippen molar-refractivity contribution in [2.24, 2.45) is 5.92 Å². The van der Waals surface area contributed by atoms with Gasteiger partial charge in [0.2, 0.25) is 0 Å². The van der Waals surface area contributed by atoms with Gasteiger partial charge in [-0.05, 0) is 59.3 Å². The van der Waals surface area contributed by atoms with Crippen molar-refractivity contribution in [1.82, 2.24) is 10.3 Å². The Bertz CT molecular complexity index is 644. The van der Waals surface area contributed by atoms with Crippen molar-refractivity contribution in [2.45, 2.75) is 24.8 Å². The highest BCUT2D eigenvalue weighted by atomic mass is 79.9. The van der Waals surface area contributed by atoms with E-state index in [2.05, 4.69) is 26.2 Å². The maximum atomic E-state index is 12.5. The second-order valence-electron chi connectivity index (χ2n) is 5.57. The lowest BCUT2D eigenvalue weighted by Gasteiger charge is -2.61. The zero-order chi connectivity index (χ0) is 12.3. The van der Waals surface area contributed by atoms with Gasteiger partial charge in [0.1, 0.15) is 0 Å². The van der Waals surface area contributed by atoms with E-state index in [0.717, 1.165) is 26.9 Å². The van der Waals surface area contributed by atoms with Crippen LogP contribution >= 0.6 is 15.9 Å². The summed E-state index contributed by atoms with van der Waals surface area (Å²) in [4.78, 5) is 15.6. The molecule has 3 saturated carbocycles. The minimum atomic E-state index is 0.0465. The van der Waals surface area contributed by atoms with Crippen LogP contribution in [0.4, 0.5) is 0 Å². The van der Waals surface area contributed by atoms with E-state index in [4.69, 9.17) is 0 Å². The molecule has 1 amide bonds. The average molecular weight is 305 g/mol. The lowest BCUT2D eigenvalue weighted by molar-refractivity contribution is -0.0438. The van der Waals surface area contributed by atoms with Crippen LogP contribution in [0.2, 0.25) is 0 Å². The predicted octanol–water partition coefficient (Wildman–Crippen LogP) is 3.21. The number of H-pyrrole nitrogens is 1. The molecule has 3 fully saturated rings. The van der Waals surface area contributed by atoms with Crippen LogP contribution in [0.1, 0.15) is 29.6 Å². The van der Waals surface area contributed by atoms with E-state index in [9.17, 15) is 4.79 Å². The summed E-state index contributed by atoms with van der Waals surface area (Å²) in [7, 11) is 0. The Balaban J connectivity index is 1.74. The summed E-state index contributed by atoms with van der Waals surface area (Å²) in [6.45, 7) is 0. The molecular formula is C14H13BrN2O. The average Bonchev–Trinajstić information content (AvgIpc) is 2.69. The van der Waals surface area contributed by atoms with Crippen molar-refractivity contribution in [2.75, 3.05) is 0 Å². The molecule has 5 rings (SSSR count). The third-order valence-corrected chi connectivity index (χ3v) is 4.99. The lowest BCUT2D eigenvalue weighted by atomic mass is 9.50. The van der Waals surface area contributed by atoms with Gasteiger partial charge >= 0.3 is 0 Å². The molecule has 3 aliphatic rings. The molecule has 0 saturated heterocycles. The predicted molar refractivity (Wildman–Crippen MR) is 73.5 cm³/mol. The molecule has 4 heteroatoms. The fourth-order valence-corrected chi connectivity index (χ4v) is 3.80. The first kappa shape index (κ1) is 10.6. The molecule has 2 aromatic rings. The van der Waals surface area contributed by atoms with Crippen LogP contribution in [0.5, 0.6) is 0 Å². The Morgan fingerprint density at radius 1 is 1.33 bits per heavy atom. The largest absolute Gasteiger partial charge is 0.361 e. The molecule has 0 aliphatic heterocycles. The summed E-state index contributed by atoms with van der Waals surface area (Å²) in [5, 5.41) is 4.20. The summed E-state index contributed by atoms with van der Waals surface area (Å²) < 4.78 is 0.860. The molecule has 2 bridgehead atoms. The Morgan fingerprint density at radius 2 is 2.11 bits per heavy atom.